The molecule has 13 heteroatoms. The third-order valence-corrected chi connectivity index (χ3v) is 12.4. The number of unbranched alkanes of at least 4 members (excludes halogenated alkanes) is 22. The van der Waals surface area contributed by atoms with Crippen LogP contribution in [-0.2, 0) is 27.9 Å². The zero-order chi connectivity index (χ0) is 46.2. The topological polar surface area (TPSA) is 192 Å². The van der Waals surface area contributed by atoms with Gasteiger partial charge in [0.25, 0.3) is 0 Å². The summed E-state index contributed by atoms with van der Waals surface area (Å²) in [5.74, 6) is -0.493. The SMILES string of the molecule is CCCC/C=C\C/C=C\CCCCCCCC(=O)OC(COCCCCCCCCCCCC/C=C\C/C=C\CCCCCCC)COP(=O)(O)OC1C(O)C(O)C(O)C(O)C1O. The van der Waals surface area contributed by atoms with Crippen LogP contribution in [-0.4, -0.2) is 98.9 Å². The molecule has 6 N–H and O–H groups in total. The van der Waals surface area contributed by atoms with E-state index in [9.17, 15) is 39.8 Å². The van der Waals surface area contributed by atoms with E-state index in [0.29, 0.717) is 13.0 Å². The summed E-state index contributed by atoms with van der Waals surface area (Å²) in [6.45, 7) is 4.19. The van der Waals surface area contributed by atoms with Crippen LogP contribution in [0.5, 0.6) is 0 Å². The molecule has 0 aromatic heterocycles. The fraction of sp³-hybridized carbons (Fsp3) is 0.820. The Morgan fingerprint density at radius 3 is 1.38 bits per heavy atom. The van der Waals surface area contributed by atoms with Crippen molar-refractivity contribution in [3.05, 3.63) is 48.6 Å². The minimum absolute atomic E-state index is 0.0851. The molecule has 1 aliphatic rings. The Bertz CT molecular complexity index is 1230. The lowest BCUT2D eigenvalue weighted by atomic mass is 9.85. The van der Waals surface area contributed by atoms with Crippen molar-refractivity contribution >= 4 is 13.8 Å². The minimum Gasteiger partial charge on any atom is -0.457 e. The summed E-state index contributed by atoms with van der Waals surface area (Å²) in [7, 11) is -5.03. The normalized spacial score (nSPS) is 22.2. The van der Waals surface area contributed by atoms with Gasteiger partial charge in [-0.1, -0.05) is 172 Å². The Balaban J connectivity index is 2.34. The van der Waals surface area contributed by atoms with Gasteiger partial charge in [0.2, 0.25) is 0 Å². The van der Waals surface area contributed by atoms with Gasteiger partial charge in [-0.15, -0.1) is 0 Å². The Kier molecular flexibility index (Phi) is 38.2. The van der Waals surface area contributed by atoms with E-state index >= 15 is 0 Å². The lowest BCUT2D eigenvalue weighted by Crippen LogP contribution is -2.64. The molecule has 0 heterocycles. The zero-order valence-electron chi connectivity index (χ0n) is 39.4. The van der Waals surface area contributed by atoms with Crippen molar-refractivity contribution in [3.63, 3.8) is 0 Å². The molecule has 6 atom stereocenters. The molecule has 0 aromatic rings. The van der Waals surface area contributed by atoms with Crippen LogP contribution >= 0.6 is 7.82 Å². The van der Waals surface area contributed by atoms with Gasteiger partial charge >= 0.3 is 13.8 Å². The maximum Gasteiger partial charge on any atom is 0.472 e. The van der Waals surface area contributed by atoms with E-state index in [1.165, 1.54) is 96.3 Å². The van der Waals surface area contributed by atoms with Crippen molar-refractivity contribution in [2.45, 2.75) is 243 Å². The molecule has 1 saturated carbocycles. The number of rotatable bonds is 42. The number of carbonyl (C=O) groups excluding carboxylic acids is 1. The number of hydrogen-bond donors (Lipinski definition) is 6. The van der Waals surface area contributed by atoms with Crippen molar-refractivity contribution in [2.75, 3.05) is 19.8 Å². The van der Waals surface area contributed by atoms with E-state index in [-0.39, 0.29) is 13.0 Å². The second-order valence-electron chi connectivity index (χ2n) is 17.3. The van der Waals surface area contributed by atoms with Gasteiger partial charge in [-0.3, -0.25) is 13.8 Å². The van der Waals surface area contributed by atoms with Gasteiger partial charge in [0, 0.05) is 13.0 Å². The molecule has 0 aliphatic heterocycles. The Morgan fingerprint density at radius 2 is 0.905 bits per heavy atom. The minimum atomic E-state index is -5.03. The number of carbonyl (C=O) groups is 1. The standard InChI is InChI=1S/C50H91O12P/c1-3-5-7-9-11-13-15-17-19-20-21-22-23-24-25-26-28-30-32-34-36-38-40-59-41-43(42-60-63(57,58)62-50-48(55)46(53)45(52)47(54)49(50)56)61-44(51)39-37-35-33-31-29-27-18-16-14-12-10-8-6-4-2/h10,12,15-18,20-21,43,45-50,52-56H,3-9,11,13-14,19,22-42H2,1-2H3,(H,57,58)/b12-10-,17-15-,18-16-,21-20-. The first-order valence-electron chi connectivity index (χ1n) is 25.0. The molecular weight excluding hydrogens is 824 g/mol. The molecule has 1 rings (SSSR count). The zero-order valence-corrected chi connectivity index (χ0v) is 40.3. The van der Waals surface area contributed by atoms with Crippen LogP contribution in [0.15, 0.2) is 48.6 Å². The number of esters is 1. The number of allylic oxidation sites excluding steroid dienone is 8. The molecule has 0 spiro atoms. The van der Waals surface area contributed by atoms with E-state index in [0.717, 1.165) is 77.0 Å². The van der Waals surface area contributed by atoms with Gasteiger partial charge in [-0.05, 0) is 70.6 Å². The Morgan fingerprint density at radius 1 is 0.508 bits per heavy atom. The molecule has 6 unspecified atom stereocenters. The summed E-state index contributed by atoms with van der Waals surface area (Å²) in [5, 5.41) is 50.2. The highest BCUT2D eigenvalue weighted by molar-refractivity contribution is 7.47. The number of ether oxygens (including phenoxy) is 2. The molecule has 0 amide bonds. The van der Waals surface area contributed by atoms with Gasteiger partial charge in [-0.2, -0.15) is 0 Å². The fourth-order valence-corrected chi connectivity index (χ4v) is 8.37. The van der Waals surface area contributed by atoms with Crippen LogP contribution in [0.2, 0.25) is 0 Å². The lowest BCUT2D eigenvalue weighted by Gasteiger charge is -2.41. The van der Waals surface area contributed by atoms with Crippen molar-refractivity contribution < 1.29 is 58.3 Å². The quantitative estimate of drug-likeness (QED) is 0.0147. The summed E-state index contributed by atoms with van der Waals surface area (Å²) < 4.78 is 34.2. The van der Waals surface area contributed by atoms with Gasteiger partial charge in [0.15, 0.2) is 0 Å². The van der Waals surface area contributed by atoms with Crippen molar-refractivity contribution in [2.24, 2.45) is 0 Å². The van der Waals surface area contributed by atoms with Crippen LogP contribution in [0.4, 0.5) is 0 Å². The Hall–Kier alpha value is -1.70. The van der Waals surface area contributed by atoms with Gasteiger partial charge in [-0.25, -0.2) is 4.57 Å². The first kappa shape index (κ1) is 59.3. The van der Waals surface area contributed by atoms with E-state index in [2.05, 4.69) is 62.5 Å². The smallest absolute Gasteiger partial charge is 0.457 e. The molecular formula is C50H91O12P. The maximum absolute atomic E-state index is 12.8. The van der Waals surface area contributed by atoms with Crippen LogP contribution in [0, 0.1) is 0 Å². The molecule has 0 aromatic carbocycles. The highest BCUT2D eigenvalue weighted by Gasteiger charge is 2.51. The van der Waals surface area contributed by atoms with E-state index < -0.39 is 63.1 Å². The highest BCUT2D eigenvalue weighted by Crippen LogP contribution is 2.47. The first-order chi connectivity index (χ1) is 30.5. The van der Waals surface area contributed by atoms with Crippen molar-refractivity contribution in [1.82, 2.24) is 0 Å². The third-order valence-electron chi connectivity index (χ3n) is 11.4. The van der Waals surface area contributed by atoms with Crippen LogP contribution < -0.4 is 0 Å². The molecule has 0 saturated heterocycles. The van der Waals surface area contributed by atoms with E-state index in [1.54, 1.807) is 0 Å². The average molecular weight is 915 g/mol. The van der Waals surface area contributed by atoms with Gasteiger partial charge in [0.05, 0.1) is 13.2 Å². The third kappa shape index (κ3) is 32.6. The molecule has 368 valence electrons. The first-order valence-corrected chi connectivity index (χ1v) is 26.5. The van der Waals surface area contributed by atoms with E-state index in [1.807, 2.05) is 0 Å². The number of aliphatic hydroxyl groups excluding tert-OH is 5. The second-order valence-corrected chi connectivity index (χ2v) is 18.7. The van der Waals surface area contributed by atoms with Crippen molar-refractivity contribution in [1.29, 1.82) is 0 Å². The number of hydrogen-bond acceptors (Lipinski definition) is 11. The molecule has 63 heavy (non-hydrogen) atoms. The van der Waals surface area contributed by atoms with Gasteiger partial charge in [0.1, 0.15) is 42.7 Å². The summed E-state index contributed by atoms with van der Waals surface area (Å²) >= 11 is 0. The number of aliphatic hydroxyl groups is 5. The molecule has 1 aliphatic carbocycles. The lowest BCUT2D eigenvalue weighted by molar-refractivity contribution is -0.220. The predicted octanol–water partition coefficient (Wildman–Crippen LogP) is 10.8. The number of phosphoric ester groups is 1. The molecule has 1 fully saturated rings. The predicted molar refractivity (Wildman–Crippen MR) is 253 cm³/mol. The van der Waals surface area contributed by atoms with Crippen molar-refractivity contribution in [3.8, 4) is 0 Å². The Labute approximate surface area is 382 Å². The average Bonchev–Trinajstić information content (AvgIpc) is 3.27. The summed E-state index contributed by atoms with van der Waals surface area (Å²) in [5.41, 5.74) is 0. The highest BCUT2D eigenvalue weighted by atomic mass is 31.2. The molecule has 12 nitrogen and oxygen atoms in total. The second kappa shape index (κ2) is 40.6. The molecule has 0 bridgehead atoms. The van der Waals surface area contributed by atoms with Crippen LogP contribution in [0.25, 0.3) is 0 Å². The van der Waals surface area contributed by atoms with Gasteiger partial charge < -0.3 is 39.9 Å². The largest absolute Gasteiger partial charge is 0.472 e. The van der Waals surface area contributed by atoms with E-state index in [4.69, 9.17) is 18.5 Å². The maximum atomic E-state index is 12.8. The summed E-state index contributed by atoms with van der Waals surface area (Å²) in [4.78, 5) is 23.2. The number of phosphoric acid groups is 1. The van der Waals surface area contributed by atoms with Crippen LogP contribution in [0.3, 0.4) is 0 Å². The monoisotopic (exact) mass is 915 g/mol. The summed E-state index contributed by atoms with van der Waals surface area (Å²) in [6, 6.07) is 0. The van der Waals surface area contributed by atoms with Crippen LogP contribution in [0.1, 0.15) is 200 Å². The molecule has 0 radical (unpaired) electrons. The fourth-order valence-electron chi connectivity index (χ4n) is 7.40. The summed E-state index contributed by atoms with van der Waals surface area (Å²) in [6.07, 6.45) is 37.5.